The first-order valence-electron chi connectivity index (χ1n) is 10.4. The topological polar surface area (TPSA) is 41.9 Å². The van der Waals surface area contributed by atoms with Crippen LogP contribution in [0.1, 0.15) is 43.2 Å². The molecule has 0 aromatic heterocycles. The third-order valence-corrected chi connectivity index (χ3v) is 5.82. The lowest BCUT2D eigenvalue weighted by Crippen LogP contribution is -3.00. The molecule has 1 aliphatic heterocycles. The summed E-state index contributed by atoms with van der Waals surface area (Å²) in [5, 5.41) is 12.1. The normalized spacial score (nSPS) is 17.8. The second-order valence-electron chi connectivity index (χ2n) is 7.63. The third-order valence-electron chi connectivity index (χ3n) is 5.82. The zero-order chi connectivity index (χ0) is 19.8. The molecule has 1 N–H and O–H groups in total. The van der Waals surface area contributed by atoms with E-state index in [0.717, 1.165) is 63.4 Å². The second-order valence-corrected chi connectivity index (χ2v) is 7.63. The van der Waals surface area contributed by atoms with E-state index in [0.29, 0.717) is 0 Å². The van der Waals surface area contributed by atoms with Gasteiger partial charge < -0.3 is 27.0 Å². The zero-order valence-corrected chi connectivity index (χ0v) is 18.3. The Morgan fingerprint density at radius 1 is 1.07 bits per heavy atom. The number of rotatable bonds is 9. The van der Waals surface area contributed by atoms with E-state index < -0.39 is 5.60 Å². The summed E-state index contributed by atoms with van der Waals surface area (Å²) in [5.74, 6) is 0.803. The molecule has 160 valence electrons. The van der Waals surface area contributed by atoms with Crippen molar-refractivity contribution in [3.05, 3.63) is 65.7 Å². The van der Waals surface area contributed by atoms with Crippen LogP contribution in [0.15, 0.2) is 54.6 Å². The van der Waals surface area contributed by atoms with Crippen LogP contribution in [0.3, 0.4) is 0 Å². The Labute approximate surface area is 181 Å². The van der Waals surface area contributed by atoms with Crippen molar-refractivity contribution in [3.63, 3.8) is 0 Å². The lowest BCUT2D eigenvalue weighted by atomic mass is 9.74. The highest BCUT2D eigenvalue weighted by Crippen LogP contribution is 2.42. The first-order chi connectivity index (χ1) is 13.7. The summed E-state index contributed by atoms with van der Waals surface area (Å²) < 4.78 is 10.9. The number of methoxy groups -OCH3 is 1. The molecule has 1 aliphatic rings. The van der Waals surface area contributed by atoms with E-state index >= 15 is 0 Å². The Morgan fingerprint density at radius 3 is 2.31 bits per heavy atom. The molecular formula is C24H33ClNO3-. The molecule has 3 rings (SSSR count). The van der Waals surface area contributed by atoms with Crippen LogP contribution in [0.25, 0.3) is 0 Å². The van der Waals surface area contributed by atoms with Gasteiger partial charge in [-0.05, 0) is 29.7 Å². The lowest BCUT2D eigenvalue weighted by Gasteiger charge is -2.41. The number of morpholine rings is 1. The van der Waals surface area contributed by atoms with Crippen molar-refractivity contribution < 1.29 is 27.0 Å². The maximum Gasteiger partial charge on any atom is 0.118 e. The SMILES string of the molecule is CCCCC(O)(c1ccc(OC)cc1)C(CN1CCOCC1)c1ccccc1.[Cl-]. The van der Waals surface area contributed by atoms with Gasteiger partial charge in [-0.2, -0.15) is 0 Å². The molecule has 29 heavy (non-hydrogen) atoms. The van der Waals surface area contributed by atoms with E-state index in [1.165, 1.54) is 5.56 Å². The van der Waals surface area contributed by atoms with Crippen LogP contribution < -0.4 is 17.1 Å². The van der Waals surface area contributed by atoms with Gasteiger partial charge in [-0.25, -0.2) is 0 Å². The molecule has 5 heteroatoms. The number of halogens is 1. The van der Waals surface area contributed by atoms with E-state index in [1.54, 1.807) is 7.11 Å². The lowest BCUT2D eigenvalue weighted by molar-refractivity contribution is -0.0294. The molecule has 2 aromatic rings. The van der Waals surface area contributed by atoms with Crippen LogP contribution >= 0.6 is 0 Å². The highest BCUT2D eigenvalue weighted by Gasteiger charge is 2.40. The van der Waals surface area contributed by atoms with Crippen LogP contribution in [0, 0.1) is 0 Å². The summed E-state index contributed by atoms with van der Waals surface area (Å²) in [6.07, 6.45) is 2.77. The van der Waals surface area contributed by atoms with Crippen LogP contribution in [-0.2, 0) is 10.3 Å². The molecule has 0 aliphatic carbocycles. The van der Waals surface area contributed by atoms with Gasteiger partial charge in [-0.1, -0.05) is 62.2 Å². The fourth-order valence-corrected chi connectivity index (χ4v) is 4.11. The monoisotopic (exact) mass is 418 g/mol. The molecule has 0 bridgehead atoms. The van der Waals surface area contributed by atoms with E-state index in [1.807, 2.05) is 30.3 Å². The summed E-state index contributed by atoms with van der Waals surface area (Å²) >= 11 is 0. The van der Waals surface area contributed by atoms with Crippen molar-refractivity contribution in [1.82, 2.24) is 4.90 Å². The van der Waals surface area contributed by atoms with Crippen LogP contribution in [0.2, 0.25) is 0 Å². The molecule has 4 nitrogen and oxygen atoms in total. The highest BCUT2D eigenvalue weighted by molar-refractivity contribution is 5.35. The Hall–Kier alpha value is -1.59. The molecule has 0 spiro atoms. The molecular weight excluding hydrogens is 386 g/mol. The van der Waals surface area contributed by atoms with Gasteiger partial charge in [0.1, 0.15) is 5.75 Å². The summed E-state index contributed by atoms with van der Waals surface area (Å²) in [5.41, 5.74) is 1.22. The van der Waals surface area contributed by atoms with Crippen molar-refractivity contribution in [2.24, 2.45) is 0 Å². The number of nitrogens with zero attached hydrogens (tertiary/aromatic N) is 1. The molecule has 0 amide bonds. The molecule has 1 saturated heterocycles. The van der Waals surface area contributed by atoms with E-state index in [2.05, 4.69) is 36.1 Å². The number of hydrogen-bond donors (Lipinski definition) is 1. The number of unbranched alkanes of at least 4 members (excludes halogenated alkanes) is 1. The van der Waals surface area contributed by atoms with Crippen molar-refractivity contribution in [1.29, 1.82) is 0 Å². The second kappa shape index (κ2) is 11.6. The Morgan fingerprint density at radius 2 is 1.72 bits per heavy atom. The summed E-state index contributed by atoms with van der Waals surface area (Å²) in [4.78, 5) is 2.42. The largest absolute Gasteiger partial charge is 1.00 e. The quantitative estimate of drug-likeness (QED) is 0.664. The highest BCUT2D eigenvalue weighted by atomic mass is 35.5. The standard InChI is InChI=1S/C24H33NO3.ClH/c1-3-4-14-24(26,21-10-12-22(27-2)13-11-21)23(20-8-6-5-7-9-20)19-25-15-17-28-18-16-25;/h5-13,23,26H,3-4,14-19H2,1-2H3;1H/p-1. The predicted molar refractivity (Wildman–Crippen MR) is 113 cm³/mol. The zero-order valence-electron chi connectivity index (χ0n) is 17.5. The molecule has 2 aromatic carbocycles. The van der Waals surface area contributed by atoms with Gasteiger partial charge in [0, 0.05) is 25.6 Å². The molecule has 1 fully saturated rings. The van der Waals surface area contributed by atoms with Gasteiger partial charge in [0.25, 0.3) is 0 Å². The van der Waals surface area contributed by atoms with Crippen LogP contribution in [0.4, 0.5) is 0 Å². The number of aliphatic hydroxyl groups is 1. The number of hydrogen-bond acceptors (Lipinski definition) is 4. The van der Waals surface area contributed by atoms with Gasteiger partial charge in [0.15, 0.2) is 0 Å². The predicted octanol–water partition coefficient (Wildman–Crippen LogP) is 1.19. The average molecular weight is 419 g/mol. The summed E-state index contributed by atoms with van der Waals surface area (Å²) in [7, 11) is 1.67. The molecule has 2 atom stereocenters. The van der Waals surface area contributed by atoms with Crippen molar-refractivity contribution >= 4 is 0 Å². The fourth-order valence-electron chi connectivity index (χ4n) is 4.11. The van der Waals surface area contributed by atoms with E-state index in [4.69, 9.17) is 9.47 Å². The van der Waals surface area contributed by atoms with E-state index in [9.17, 15) is 5.11 Å². The van der Waals surface area contributed by atoms with Gasteiger partial charge in [0.05, 0.1) is 25.9 Å². The van der Waals surface area contributed by atoms with Gasteiger partial charge in [-0.15, -0.1) is 0 Å². The number of ether oxygens (including phenoxy) is 2. The average Bonchev–Trinajstić information content (AvgIpc) is 2.77. The maximum atomic E-state index is 12.1. The molecule has 2 unspecified atom stereocenters. The van der Waals surface area contributed by atoms with Crippen molar-refractivity contribution in [3.8, 4) is 5.75 Å². The molecule has 1 heterocycles. The first-order valence-corrected chi connectivity index (χ1v) is 10.4. The Bertz CT molecular complexity index is 704. The van der Waals surface area contributed by atoms with Crippen LogP contribution in [-0.4, -0.2) is 50.0 Å². The van der Waals surface area contributed by atoms with Gasteiger partial charge >= 0.3 is 0 Å². The third kappa shape index (κ3) is 5.95. The molecule has 0 radical (unpaired) electrons. The van der Waals surface area contributed by atoms with E-state index in [-0.39, 0.29) is 18.3 Å². The minimum Gasteiger partial charge on any atom is -1.00 e. The van der Waals surface area contributed by atoms with Crippen molar-refractivity contribution in [2.45, 2.75) is 37.7 Å². The summed E-state index contributed by atoms with van der Waals surface area (Å²) in [6.45, 7) is 6.34. The van der Waals surface area contributed by atoms with Gasteiger partial charge in [0.2, 0.25) is 0 Å². The summed E-state index contributed by atoms with van der Waals surface area (Å²) in [6, 6.07) is 18.4. The van der Waals surface area contributed by atoms with Crippen molar-refractivity contribution in [2.75, 3.05) is 40.0 Å². The Kier molecular flexibility index (Phi) is 9.44. The maximum absolute atomic E-state index is 12.1. The minimum atomic E-state index is -0.929. The first kappa shape index (κ1) is 23.7. The Balaban J connectivity index is 0.00000300. The minimum absolute atomic E-state index is 0. The van der Waals surface area contributed by atoms with Gasteiger partial charge in [-0.3, -0.25) is 4.90 Å². The number of benzene rings is 2. The van der Waals surface area contributed by atoms with Crippen LogP contribution in [0.5, 0.6) is 5.75 Å². The molecule has 0 saturated carbocycles. The fraction of sp³-hybridized carbons (Fsp3) is 0.500. The smallest absolute Gasteiger partial charge is 0.118 e.